The Morgan fingerprint density at radius 3 is 2.75 bits per heavy atom. The smallest absolute Gasteiger partial charge is 0.120 e. The molecular weight excluding hydrogens is 311 g/mol. The van der Waals surface area contributed by atoms with Crippen LogP contribution in [-0.4, -0.2) is 6.61 Å². The Kier molecular flexibility index (Phi) is 4.94. The summed E-state index contributed by atoms with van der Waals surface area (Å²) in [7, 11) is 0. The Morgan fingerprint density at radius 2 is 2.00 bits per heavy atom. The number of ether oxygens (including phenoxy) is 1. The minimum atomic E-state index is 0.880. The summed E-state index contributed by atoms with van der Waals surface area (Å²) in [4.78, 5) is 0. The average Bonchev–Trinajstić information content (AvgIpc) is 2.30. The van der Waals surface area contributed by atoms with Crippen LogP contribution < -0.4 is 4.74 Å². The third kappa shape index (κ3) is 3.96. The van der Waals surface area contributed by atoms with Crippen LogP contribution in [0, 0.1) is 9.49 Å². The van der Waals surface area contributed by atoms with E-state index >= 15 is 0 Å². The molecule has 1 aromatic carbocycles. The lowest BCUT2D eigenvalue weighted by atomic mass is 9.87. The third-order valence-corrected chi connectivity index (χ3v) is 3.99. The minimum Gasteiger partial charge on any atom is -0.494 e. The molecule has 0 saturated heterocycles. The van der Waals surface area contributed by atoms with Gasteiger partial charge in [0.05, 0.1) is 6.61 Å². The maximum absolute atomic E-state index is 5.78. The van der Waals surface area contributed by atoms with Gasteiger partial charge in [0.1, 0.15) is 5.75 Å². The first-order valence-corrected chi connectivity index (χ1v) is 7.31. The third-order valence-electron chi connectivity index (χ3n) is 3.32. The van der Waals surface area contributed by atoms with Crippen molar-refractivity contribution in [2.24, 2.45) is 5.92 Å². The molecule has 1 aromatic rings. The van der Waals surface area contributed by atoms with Gasteiger partial charge < -0.3 is 4.74 Å². The second-order valence-electron chi connectivity index (χ2n) is 4.60. The van der Waals surface area contributed by atoms with Crippen LogP contribution in [0.5, 0.6) is 5.75 Å². The van der Waals surface area contributed by atoms with E-state index in [-0.39, 0.29) is 0 Å². The van der Waals surface area contributed by atoms with Crippen molar-refractivity contribution in [2.75, 3.05) is 6.61 Å². The summed E-state index contributed by atoms with van der Waals surface area (Å²) in [5, 5.41) is 0. The Bertz CT molecular complexity index is 318. The molecule has 16 heavy (non-hydrogen) atoms. The summed E-state index contributed by atoms with van der Waals surface area (Å²) in [6, 6.07) is 8.29. The van der Waals surface area contributed by atoms with Gasteiger partial charge in [0.25, 0.3) is 0 Å². The highest BCUT2D eigenvalue weighted by molar-refractivity contribution is 14.1. The molecule has 1 aliphatic carbocycles. The largest absolute Gasteiger partial charge is 0.494 e. The van der Waals surface area contributed by atoms with Crippen molar-refractivity contribution in [1.82, 2.24) is 0 Å². The predicted octanol–water partition coefficient (Wildman–Crippen LogP) is 4.64. The van der Waals surface area contributed by atoms with Crippen LogP contribution in [0.15, 0.2) is 24.3 Å². The van der Waals surface area contributed by atoms with E-state index in [4.69, 9.17) is 4.74 Å². The van der Waals surface area contributed by atoms with E-state index in [0.717, 1.165) is 18.3 Å². The fourth-order valence-corrected chi connectivity index (χ4v) is 2.89. The quantitative estimate of drug-likeness (QED) is 0.731. The van der Waals surface area contributed by atoms with Gasteiger partial charge >= 0.3 is 0 Å². The molecule has 0 heterocycles. The molecule has 2 heteroatoms. The van der Waals surface area contributed by atoms with Crippen LogP contribution in [0.2, 0.25) is 0 Å². The zero-order valence-corrected chi connectivity index (χ0v) is 11.8. The second kappa shape index (κ2) is 6.48. The molecule has 0 aromatic heterocycles. The van der Waals surface area contributed by atoms with Crippen molar-refractivity contribution in [3.05, 3.63) is 27.8 Å². The summed E-state index contributed by atoms with van der Waals surface area (Å²) in [5.41, 5.74) is 0. The molecular formula is C14H19IO. The van der Waals surface area contributed by atoms with Gasteiger partial charge in [-0.25, -0.2) is 0 Å². The maximum Gasteiger partial charge on any atom is 0.120 e. The average molecular weight is 330 g/mol. The molecule has 1 saturated carbocycles. The van der Waals surface area contributed by atoms with Crippen molar-refractivity contribution < 1.29 is 4.74 Å². The fourth-order valence-electron chi connectivity index (χ4n) is 2.38. The monoisotopic (exact) mass is 330 g/mol. The Morgan fingerprint density at radius 1 is 1.19 bits per heavy atom. The predicted molar refractivity (Wildman–Crippen MR) is 75.8 cm³/mol. The summed E-state index contributed by atoms with van der Waals surface area (Å²) in [6.07, 6.45) is 8.34. The topological polar surface area (TPSA) is 9.23 Å². The van der Waals surface area contributed by atoms with Gasteiger partial charge in [-0.05, 0) is 53.1 Å². The first-order valence-electron chi connectivity index (χ1n) is 6.23. The van der Waals surface area contributed by atoms with Crippen LogP contribution in [0.25, 0.3) is 0 Å². The first kappa shape index (κ1) is 12.2. The number of hydrogen-bond donors (Lipinski definition) is 0. The lowest BCUT2D eigenvalue weighted by Gasteiger charge is -2.21. The van der Waals surface area contributed by atoms with Crippen molar-refractivity contribution in [3.8, 4) is 5.75 Å². The van der Waals surface area contributed by atoms with E-state index in [1.807, 2.05) is 6.07 Å². The van der Waals surface area contributed by atoms with Crippen molar-refractivity contribution in [1.29, 1.82) is 0 Å². The van der Waals surface area contributed by atoms with Crippen LogP contribution in [0.3, 0.4) is 0 Å². The van der Waals surface area contributed by atoms with Crippen molar-refractivity contribution in [3.63, 3.8) is 0 Å². The number of halogens is 1. The van der Waals surface area contributed by atoms with E-state index in [1.54, 1.807) is 0 Å². The van der Waals surface area contributed by atoms with E-state index in [2.05, 4.69) is 40.8 Å². The molecule has 2 rings (SSSR count). The van der Waals surface area contributed by atoms with Crippen molar-refractivity contribution >= 4 is 22.6 Å². The molecule has 0 aliphatic heterocycles. The van der Waals surface area contributed by atoms with Gasteiger partial charge in [-0.15, -0.1) is 0 Å². The Balaban J connectivity index is 1.71. The zero-order valence-electron chi connectivity index (χ0n) is 9.62. The fraction of sp³-hybridized carbons (Fsp3) is 0.571. The summed E-state index contributed by atoms with van der Waals surface area (Å²) < 4.78 is 7.03. The van der Waals surface area contributed by atoms with Gasteiger partial charge in [-0.3, -0.25) is 0 Å². The minimum absolute atomic E-state index is 0.880. The van der Waals surface area contributed by atoms with Crippen LogP contribution in [0.4, 0.5) is 0 Å². The highest BCUT2D eigenvalue weighted by Gasteiger charge is 2.12. The highest BCUT2D eigenvalue weighted by atomic mass is 127. The van der Waals surface area contributed by atoms with E-state index < -0.39 is 0 Å². The van der Waals surface area contributed by atoms with Crippen molar-refractivity contribution in [2.45, 2.75) is 38.5 Å². The van der Waals surface area contributed by atoms with Crippen LogP contribution in [0.1, 0.15) is 38.5 Å². The SMILES string of the molecule is Ic1cccc(OCCC2CCCCC2)c1. The molecule has 0 amide bonds. The molecule has 1 aliphatic rings. The molecule has 1 fully saturated rings. The molecule has 1 nitrogen and oxygen atoms in total. The lowest BCUT2D eigenvalue weighted by molar-refractivity contribution is 0.246. The standard InChI is InChI=1S/C14H19IO/c15-13-7-4-8-14(11-13)16-10-9-12-5-2-1-3-6-12/h4,7-8,11-12H,1-3,5-6,9-10H2. The maximum atomic E-state index is 5.78. The molecule has 0 atom stereocenters. The summed E-state index contributed by atoms with van der Waals surface area (Å²) in [5.74, 6) is 1.93. The van der Waals surface area contributed by atoms with Gasteiger partial charge in [0.2, 0.25) is 0 Å². The van der Waals surface area contributed by atoms with Gasteiger partial charge in [0.15, 0.2) is 0 Å². The number of benzene rings is 1. The van der Waals surface area contributed by atoms with Gasteiger partial charge in [-0.1, -0.05) is 38.2 Å². The normalized spacial score (nSPS) is 17.3. The second-order valence-corrected chi connectivity index (χ2v) is 5.84. The Labute approximate surface area is 112 Å². The number of hydrogen-bond acceptors (Lipinski definition) is 1. The van der Waals surface area contributed by atoms with E-state index in [1.165, 1.54) is 42.1 Å². The zero-order chi connectivity index (χ0) is 11.2. The van der Waals surface area contributed by atoms with E-state index in [9.17, 15) is 0 Å². The van der Waals surface area contributed by atoms with Crippen LogP contribution in [-0.2, 0) is 0 Å². The molecule has 0 N–H and O–H groups in total. The Hall–Kier alpha value is -0.250. The van der Waals surface area contributed by atoms with Gasteiger partial charge in [-0.2, -0.15) is 0 Å². The van der Waals surface area contributed by atoms with Crippen LogP contribution >= 0.6 is 22.6 Å². The molecule has 0 bridgehead atoms. The van der Waals surface area contributed by atoms with Gasteiger partial charge in [0, 0.05) is 3.57 Å². The number of rotatable bonds is 4. The molecule has 0 radical (unpaired) electrons. The lowest BCUT2D eigenvalue weighted by Crippen LogP contribution is -2.10. The highest BCUT2D eigenvalue weighted by Crippen LogP contribution is 2.26. The first-order chi connectivity index (χ1) is 7.84. The summed E-state index contributed by atoms with van der Waals surface area (Å²) in [6.45, 7) is 0.880. The molecule has 88 valence electrons. The molecule has 0 spiro atoms. The summed E-state index contributed by atoms with van der Waals surface area (Å²) >= 11 is 2.32. The molecule has 0 unspecified atom stereocenters. The van der Waals surface area contributed by atoms with E-state index in [0.29, 0.717) is 0 Å².